The highest BCUT2D eigenvalue weighted by Crippen LogP contribution is 2.27. The van der Waals surface area contributed by atoms with Crippen molar-refractivity contribution in [1.29, 1.82) is 0 Å². The van der Waals surface area contributed by atoms with Crippen LogP contribution in [0.15, 0.2) is 6.07 Å². The first-order valence-electron chi connectivity index (χ1n) is 7.39. The SMILES string of the molecule is COc1nc(NC2CCC(N(C)C)CC2)c(F)cc1C(N)=O. The van der Waals surface area contributed by atoms with Crippen LogP contribution in [0.3, 0.4) is 0 Å². The van der Waals surface area contributed by atoms with E-state index in [4.69, 9.17) is 10.5 Å². The van der Waals surface area contributed by atoms with Gasteiger partial charge in [-0.05, 0) is 45.8 Å². The fourth-order valence-electron chi connectivity index (χ4n) is 2.84. The Morgan fingerprint density at radius 3 is 2.55 bits per heavy atom. The number of halogens is 1. The Morgan fingerprint density at radius 1 is 1.41 bits per heavy atom. The maximum atomic E-state index is 14.1. The minimum Gasteiger partial charge on any atom is -0.480 e. The molecule has 1 aromatic heterocycles. The molecule has 3 N–H and O–H groups in total. The van der Waals surface area contributed by atoms with Crippen molar-refractivity contribution in [3.63, 3.8) is 0 Å². The van der Waals surface area contributed by atoms with Crippen molar-refractivity contribution in [1.82, 2.24) is 9.88 Å². The summed E-state index contributed by atoms with van der Waals surface area (Å²) in [4.78, 5) is 17.5. The molecule has 1 saturated carbocycles. The quantitative estimate of drug-likeness (QED) is 0.863. The van der Waals surface area contributed by atoms with Crippen LogP contribution in [0.2, 0.25) is 0 Å². The first kappa shape index (κ1) is 16.5. The number of nitrogens with zero attached hydrogens (tertiary/aromatic N) is 2. The van der Waals surface area contributed by atoms with Gasteiger partial charge in [0.1, 0.15) is 5.56 Å². The molecular weight excluding hydrogens is 287 g/mol. The molecule has 0 radical (unpaired) electrons. The number of methoxy groups -OCH3 is 1. The lowest BCUT2D eigenvalue weighted by molar-refractivity contribution is 0.0996. The van der Waals surface area contributed by atoms with Gasteiger partial charge in [0.25, 0.3) is 5.91 Å². The monoisotopic (exact) mass is 310 g/mol. The van der Waals surface area contributed by atoms with Gasteiger partial charge >= 0.3 is 0 Å². The van der Waals surface area contributed by atoms with Crippen molar-refractivity contribution in [2.24, 2.45) is 5.73 Å². The van der Waals surface area contributed by atoms with Crippen LogP contribution >= 0.6 is 0 Å². The van der Waals surface area contributed by atoms with E-state index in [9.17, 15) is 9.18 Å². The first-order chi connectivity index (χ1) is 10.4. The van der Waals surface area contributed by atoms with Crippen LogP contribution in [0.5, 0.6) is 5.88 Å². The number of rotatable bonds is 5. The molecule has 0 aliphatic heterocycles. The fraction of sp³-hybridized carbons (Fsp3) is 0.600. The molecule has 1 amide bonds. The van der Waals surface area contributed by atoms with E-state index < -0.39 is 11.7 Å². The van der Waals surface area contributed by atoms with E-state index >= 15 is 0 Å². The van der Waals surface area contributed by atoms with Gasteiger partial charge in [-0.3, -0.25) is 4.79 Å². The minimum absolute atomic E-state index is 0.0402. The van der Waals surface area contributed by atoms with E-state index in [1.54, 1.807) is 0 Å². The maximum Gasteiger partial charge on any atom is 0.254 e. The van der Waals surface area contributed by atoms with Gasteiger partial charge in [-0.25, -0.2) is 4.39 Å². The highest BCUT2D eigenvalue weighted by atomic mass is 19.1. The third-order valence-corrected chi connectivity index (χ3v) is 4.17. The van der Waals surface area contributed by atoms with Gasteiger partial charge in [-0.15, -0.1) is 0 Å². The van der Waals surface area contributed by atoms with Crippen LogP contribution in [-0.4, -0.2) is 49.1 Å². The molecule has 1 fully saturated rings. The molecule has 0 aromatic carbocycles. The van der Waals surface area contributed by atoms with Crippen LogP contribution < -0.4 is 15.8 Å². The highest BCUT2D eigenvalue weighted by Gasteiger charge is 2.24. The summed E-state index contributed by atoms with van der Waals surface area (Å²) in [6.45, 7) is 0. The number of pyridine rings is 1. The van der Waals surface area contributed by atoms with Gasteiger partial charge in [0, 0.05) is 12.1 Å². The fourth-order valence-corrected chi connectivity index (χ4v) is 2.84. The number of amides is 1. The molecular formula is C15H23FN4O2. The molecule has 0 atom stereocenters. The Kier molecular flexibility index (Phi) is 5.18. The topological polar surface area (TPSA) is 80.5 Å². The number of aromatic nitrogens is 1. The van der Waals surface area contributed by atoms with Gasteiger partial charge in [0.05, 0.1) is 7.11 Å². The molecule has 2 rings (SSSR count). The number of hydrogen-bond acceptors (Lipinski definition) is 5. The summed E-state index contributed by atoms with van der Waals surface area (Å²) in [6, 6.07) is 1.81. The van der Waals surface area contributed by atoms with Crippen molar-refractivity contribution >= 4 is 11.7 Å². The van der Waals surface area contributed by atoms with Gasteiger partial charge in [-0.2, -0.15) is 4.98 Å². The predicted molar refractivity (Wildman–Crippen MR) is 82.6 cm³/mol. The summed E-state index contributed by atoms with van der Waals surface area (Å²) >= 11 is 0. The van der Waals surface area contributed by atoms with Crippen LogP contribution in [-0.2, 0) is 0 Å². The van der Waals surface area contributed by atoms with Gasteiger partial charge in [0.2, 0.25) is 5.88 Å². The van der Waals surface area contributed by atoms with Crippen LogP contribution in [0.25, 0.3) is 0 Å². The van der Waals surface area contributed by atoms with Crippen LogP contribution in [0, 0.1) is 5.82 Å². The smallest absolute Gasteiger partial charge is 0.254 e. The molecule has 6 nitrogen and oxygen atoms in total. The second kappa shape index (κ2) is 6.91. The van der Waals surface area contributed by atoms with Crippen molar-refractivity contribution in [2.45, 2.75) is 37.8 Å². The lowest BCUT2D eigenvalue weighted by atomic mass is 9.90. The first-order valence-corrected chi connectivity index (χ1v) is 7.39. The van der Waals surface area contributed by atoms with E-state index in [-0.39, 0.29) is 23.3 Å². The highest BCUT2D eigenvalue weighted by molar-refractivity contribution is 5.95. The standard InChI is InChI=1S/C15H23FN4O2/c1-20(2)10-6-4-9(5-7-10)18-14-12(16)8-11(13(17)21)15(19-14)22-3/h8-10H,4-7H2,1-3H3,(H2,17,21)(H,18,19). The van der Waals surface area contributed by atoms with E-state index in [1.807, 2.05) is 0 Å². The third-order valence-electron chi connectivity index (χ3n) is 4.17. The second-order valence-electron chi connectivity index (χ2n) is 5.85. The lowest BCUT2D eigenvalue weighted by Gasteiger charge is -2.33. The summed E-state index contributed by atoms with van der Waals surface area (Å²) in [5, 5.41) is 3.11. The maximum absolute atomic E-state index is 14.1. The number of nitrogens with one attached hydrogen (secondary N) is 1. The number of nitrogens with two attached hydrogens (primary N) is 1. The molecule has 0 unspecified atom stereocenters. The van der Waals surface area contributed by atoms with Gasteiger partial charge in [-0.1, -0.05) is 0 Å². The van der Waals surface area contributed by atoms with E-state index in [1.165, 1.54) is 7.11 Å². The Labute approximate surface area is 129 Å². The molecule has 122 valence electrons. The average molecular weight is 310 g/mol. The lowest BCUT2D eigenvalue weighted by Crippen LogP contribution is -2.36. The molecule has 1 aromatic rings. The zero-order chi connectivity index (χ0) is 16.3. The Hall–Kier alpha value is -1.89. The minimum atomic E-state index is -0.763. The number of hydrogen-bond donors (Lipinski definition) is 2. The molecule has 1 heterocycles. The molecule has 7 heteroatoms. The largest absolute Gasteiger partial charge is 0.480 e. The summed E-state index contributed by atoms with van der Waals surface area (Å²) in [5.74, 6) is -1.21. The Morgan fingerprint density at radius 2 is 2.05 bits per heavy atom. The summed E-state index contributed by atoms with van der Waals surface area (Å²) in [7, 11) is 5.53. The molecule has 0 spiro atoms. The third kappa shape index (κ3) is 3.65. The van der Waals surface area contributed by atoms with E-state index in [0.717, 1.165) is 31.7 Å². The van der Waals surface area contributed by atoms with Gasteiger partial charge < -0.3 is 20.7 Å². The van der Waals surface area contributed by atoms with Crippen LogP contribution in [0.1, 0.15) is 36.0 Å². The van der Waals surface area contributed by atoms with Gasteiger partial charge in [0.15, 0.2) is 11.6 Å². The molecule has 22 heavy (non-hydrogen) atoms. The number of primary amides is 1. The Bertz CT molecular complexity index is 543. The normalized spacial score (nSPS) is 21.7. The summed E-state index contributed by atoms with van der Waals surface area (Å²) < 4.78 is 19.1. The van der Waals surface area contributed by atoms with Crippen molar-refractivity contribution < 1.29 is 13.9 Å². The number of carbonyl (C=O) groups is 1. The zero-order valence-electron chi connectivity index (χ0n) is 13.2. The van der Waals surface area contributed by atoms with Crippen LogP contribution in [0.4, 0.5) is 10.2 Å². The number of ether oxygens (including phenoxy) is 1. The van der Waals surface area contributed by atoms with Crippen molar-refractivity contribution in [3.05, 3.63) is 17.4 Å². The molecule has 0 saturated heterocycles. The summed E-state index contributed by atoms with van der Waals surface area (Å²) in [6.07, 6.45) is 4.01. The Balaban J connectivity index is 2.09. The van der Waals surface area contributed by atoms with Crippen molar-refractivity contribution in [2.75, 3.05) is 26.5 Å². The predicted octanol–water partition coefficient (Wildman–Crippen LogP) is 1.61. The summed E-state index contributed by atoms with van der Waals surface area (Å²) in [5.41, 5.74) is 5.13. The van der Waals surface area contributed by atoms with E-state index in [0.29, 0.717) is 6.04 Å². The molecule has 1 aliphatic carbocycles. The van der Waals surface area contributed by atoms with Crippen molar-refractivity contribution in [3.8, 4) is 5.88 Å². The molecule has 1 aliphatic rings. The molecule has 0 bridgehead atoms. The van der Waals surface area contributed by atoms with E-state index in [2.05, 4.69) is 29.3 Å². The number of anilines is 1. The second-order valence-corrected chi connectivity index (χ2v) is 5.85. The zero-order valence-corrected chi connectivity index (χ0v) is 13.2. The number of carbonyl (C=O) groups excluding carboxylic acids is 1. The average Bonchev–Trinajstić information content (AvgIpc) is 2.49.